The van der Waals surface area contributed by atoms with E-state index in [2.05, 4.69) is 45.9 Å². The summed E-state index contributed by atoms with van der Waals surface area (Å²) in [6, 6.07) is 5.85. The molecule has 0 amide bonds. The number of fused-ring (bicyclic) bond motifs is 1. The van der Waals surface area contributed by atoms with Crippen molar-refractivity contribution in [3.05, 3.63) is 75.3 Å². The van der Waals surface area contributed by atoms with Crippen molar-refractivity contribution >= 4 is 6.08 Å². The summed E-state index contributed by atoms with van der Waals surface area (Å²) >= 11 is 0. The fraction of sp³-hybridized carbons (Fsp3) is 0.222. The van der Waals surface area contributed by atoms with E-state index in [4.69, 9.17) is 32.7 Å². The van der Waals surface area contributed by atoms with Crippen LogP contribution in [0.5, 0.6) is 5.75 Å². The van der Waals surface area contributed by atoms with Gasteiger partial charge >= 0.3 is 56.5 Å². The van der Waals surface area contributed by atoms with Crippen LogP contribution >= 0.6 is 0 Å². The predicted molar refractivity (Wildman–Crippen MR) is 79.2 cm³/mol. The van der Waals surface area contributed by atoms with Gasteiger partial charge in [0, 0.05) is 35.6 Å². The molecule has 2 rings (SSSR count). The fourth-order valence-corrected chi connectivity index (χ4v) is 1.61. The van der Waals surface area contributed by atoms with Crippen LogP contribution < -0.4 is 4.74 Å². The van der Waals surface area contributed by atoms with E-state index in [0.717, 1.165) is 16.9 Å². The second-order valence-electron chi connectivity index (χ2n) is 4.06. The molecule has 0 fully saturated rings. The topological polar surface area (TPSA) is 118 Å². The first-order valence-electron chi connectivity index (χ1n) is 5.95. The second-order valence-corrected chi connectivity index (χ2v) is 4.06. The third-order valence-electron chi connectivity index (χ3n) is 2.30. The maximum absolute atomic E-state index is 7.50. The van der Waals surface area contributed by atoms with E-state index in [-0.39, 0.29) is 23.0 Å². The Morgan fingerprint density at radius 3 is 1.81 bits per heavy atom. The van der Waals surface area contributed by atoms with E-state index >= 15 is 0 Å². The monoisotopic (exact) mass is 394 g/mol. The third-order valence-corrected chi connectivity index (χ3v) is 2.30. The summed E-state index contributed by atoms with van der Waals surface area (Å²) in [5.41, 5.74) is 1.71. The molecule has 0 saturated carbocycles. The maximum atomic E-state index is 7.50. The van der Waals surface area contributed by atoms with Crippen molar-refractivity contribution in [1.29, 1.82) is 0 Å². The van der Waals surface area contributed by atoms with Crippen molar-refractivity contribution in [2.24, 2.45) is 0 Å². The van der Waals surface area contributed by atoms with Crippen molar-refractivity contribution in [3.63, 3.8) is 0 Å². The molecule has 2 radical (unpaired) electrons. The van der Waals surface area contributed by atoms with Crippen LogP contribution in [0.1, 0.15) is 25.0 Å². The van der Waals surface area contributed by atoms with E-state index in [0.29, 0.717) is 0 Å². The Labute approximate surface area is 164 Å². The standard InChI is InChI=1S/C13H14O2.5CO.Cr/c1-13(2)8-7-11-10(9-14-3)5-4-6-12(11)15-13;5*1-2;/h4-8H,1-3H3;;;;;;. The Bertz CT molecular complexity index is 561. The Morgan fingerprint density at radius 2 is 1.38 bits per heavy atom. The molecule has 1 aromatic carbocycles. The first-order chi connectivity index (χ1) is 12.1. The molecule has 134 valence electrons. The first kappa shape index (κ1) is 35.1. The van der Waals surface area contributed by atoms with Crippen LogP contribution in [-0.4, -0.2) is 12.7 Å². The Balaban J connectivity index is -0.000000116. The van der Waals surface area contributed by atoms with Gasteiger partial charge in [-0.15, -0.1) is 0 Å². The zero-order valence-corrected chi connectivity index (χ0v) is 15.4. The van der Waals surface area contributed by atoms with Gasteiger partial charge in [0.1, 0.15) is 11.4 Å². The van der Waals surface area contributed by atoms with E-state index in [9.17, 15) is 0 Å². The van der Waals surface area contributed by atoms with Crippen molar-refractivity contribution in [2.45, 2.75) is 19.4 Å². The van der Waals surface area contributed by atoms with Crippen molar-refractivity contribution < 1.29 is 50.1 Å². The number of methoxy groups -OCH3 is 1. The molecule has 0 atom stereocenters. The van der Waals surface area contributed by atoms with Crippen LogP contribution in [0, 0.1) is 39.9 Å². The minimum Gasteiger partial charge on any atom is 0 e. The molecule has 0 saturated heterocycles. The normalized spacial score (nSPS) is 10.2. The van der Waals surface area contributed by atoms with E-state index in [1.807, 2.05) is 38.1 Å². The van der Waals surface area contributed by atoms with Gasteiger partial charge in [0.15, 0.2) is 6.61 Å². The number of hydrogen-bond acceptors (Lipinski definition) is 2. The summed E-state index contributed by atoms with van der Waals surface area (Å²) in [5, 5.41) is 0. The molecule has 0 bridgehead atoms. The zero-order chi connectivity index (χ0) is 20.9. The third kappa shape index (κ3) is 14.3. The summed E-state index contributed by atoms with van der Waals surface area (Å²) in [7, 11) is 1.59. The van der Waals surface area contributed by atoms with E-state index in [1.54, 1.807) is 7.11 Å². The number of ether oxygens (including phenoxy) is 2. The van der Waals surface area contributed by atoms with Crippen molar-refractivity contribution in [2.75, 3.05) is 7.11 Å². The van der Waals surface area contributed by atoms with Crippen LogP contribution in [0.2, 0.25) is 0 Å². The molecule has 7 nitrogen and oxygen atoms in total. The fourth-order valence-electron chi connectivity index (χ4n) is 1.61. The first-order valence-corrected chi connectivity index (χ1v) is 5.95. The molecular weight excluding hydrogens is 380 g/mol. The molecule has 26 heavy (non-hydrogen) atoms. The molecule has 1 aromatic rings. The van der Waals surface area contributed by atoms with E-state index < -0.39 is 0 Å². The van der Waals surface area contributed by atoms with Gasteiger partial charge in [0.2, 0.25) is 0 Å². The summed E-state index contributed by atoms with van der Waals surface area (Å²) in [4.78, 5) is 0. The number of rotatable bonds is 2. The van der Waals surface area contributed by atoms with Gasteiger partial charge in [-0.2, -0.15) is 0 Å². The zero-order valence-electron chi connectivity index (χ0n) is 14.2. The van der Waals surface area contributed by atoms with E-state index in [1.165, 1.54) is 0 Å². The van der Waals surface area contributed by atoms with Gasteiger partial charge in [-0.3, -0.25) is 0 Å². The van der Waals surface area contributed by atoms with Crippen LogP contribution in [0.15, 0.2) is 24.3 Å². The summed E-state index contributed by atoms with van der Waals surface area (Å²) in [6.07, 6.45) is 4.09. The molecule has 0 aromatic heterocycles. The molecule has 0 N–H and O–H groups in total. The van der Waals surface area contributed by atoms with Crippen LogP contribution in [0.3, 0.4) is 0 Å². The molecular formula is C18H14CrO7. The Kier molecular flexibility index (Phi) is 34.0. The van der Waals surface area contributed by atoms with Crippen molar-refractivity contribution in [3.8, 4) is 5.75 Å². The molecule has 1 heterocycles. The predicted octanol–water partition coefficient (Wildman–Crippen LogP) is 2.71. The maximum Gasteiger partial charge on any atom is 0 e. The minimum atomic E-state index is -0.237. The molecule has 1 aliphatic rings. The molecule has 0 unspecified atom stereocenters. The van der Waals surface area contributed by atoms with Crippen LogP contribution in [-0.2, 0) is 45.4 Å². The van der Waals surface area contributed by atoms with Gasteiger partial charge in [0.25, 0.3) is 0 Å². The van der Waals surface area contributed by atoms with Gasteiger partial charge in [-0.25, -0.2) is 0 Å². The van der Waals surface area contributed by atoms with Crippen LogP contribution in [0.25, 0.3) is 6.08 Å². The Morgan fingerprint density at radius 1 is 0.923 bits per heavy atom. The number of hydrogen-bond donors (Lipinski definition) is 0. The van der Waals surface area contributed by atoms with Gasteiger partial charge in [0.05, 0.1) is 0 Å². The Hall–Kier alpha value is -2.05. The second kappa shape index (κ2) is 25.2. The quantitative estimate of drug-likeness (QED) is 0.566. The van der Waals surface area contributed by atoms with Gasteiger partial charge < -0.3 is 9.47 Å². The molecule has 0 spiro atoms. The van der Waals surface area contributed by atoms with Gasteiger partial charge in [-0.1, -0.05) is 18.2 Å². The molecule has 0 aliphatic carbocycles. The minimum absolute atomic E-state index is 0. The van der Waals surface area contributed by atoms with Gasteiger partial charge in [-0.05, 0) is 26.0 Å². The van der Waals surface area contributed by atoms with Crippen LogP contribution in [0.4, 0.5) is 0 Å². The summed E-state index contributed by atoms with van der Waals surface area (Å²) in [5.74, 6) is 0.879. The summed E-state index contributed by atoms with van der Waals surface area (Å²) in [6.45, 7) is 29.4. The average Bonchev–Trinajstić information content (AvgIpc) is 2.69. The van der Waals surface area contributed by atoms with Crippen molar-refractivity contribution in [1.82, 2.24) is 0 Å². The number of benzene rings is 1. The smallest absolute Gasteiger partial charge is 0 e. The molecule has 1 aliphatic heterocycles. The SMILES string of the molecule is CO[C]c1cccc2c1C=CC(C)(C)O2.[C-]#[O+].[C-]#[O+].[C-]#[O+].[C-]#[O+].[C-]#[O+].[Cr]. The average molecular weight is 394 g/mol. The largest absolute Gasteiger partial charge is 0 e. The molecule has 8 heteroatoms. The summed E-state index contributed by atoms with van der Waals surface area (Å²) < 4.78 is 48.2.